The Kier molecular flexibility index (Phi) is 8.08. The first-order valence-electron chi connectivity index (χ1n) is 21.1. The molecule has 4 heterocycles. The second-order valence-electron chi connectivity index (χ2n) is 16.1. The van der Waals surface area contributed by atoms with Gasteiger partial charge in [-0.25, -0.2) is 9.98 Å². The zero-order chi connectivity index (χ0) is 41.4. The van der Waals surface area contributed by atoms with E-state index in [4.69, 9.17) is 18.8 Å². The van der Waals surface area contributed by atoms with Gasteiger partial charge in [-0.3, -0.25) is 0 Å². The predicted molar refractivity (Wildman–Crippen MR) is 262 cm³/mol. The van der Waals surface area contributed by atoms with Gasteiger partial charge in [0.2, 0.25) is 0 Å². The van der Waals surface area contributed by atoms with Gasteiger partial charge in [-0.1, -0.05) is 140 Å². The first kappa shape index (κ1) is 35.7. The standard InChI is InChI=1S/C57H35N3O2S/c1-2-10-34(11-3-1)35-20-22-36(23-21-35)37-12-8-13-40(30-37)55-58-56(41-26-29-53-47(31-41)44-15-5-7-19-52(44)63-53)60-57(59-55)46-16-9-18-49-54(46)45-28-25-39(33-51(45)62-49)38-24-27-43-42-14-4-6-17-48(42)61-50(43)32-38/h1-33,56H,(H,58,59,60). The van der Waals surface area contributed by atoms with Crippen LogP contribution in [-0.4, -0.2) is 11.7 Å². The first-order chi connectivity index (χ1) is 31.2. The van der Waals surface area contributed by atoms with Crippen LogP contribution in [0.1, 0.15) is 22.9 Å². The smallest absolute Gasteiger partial charge is 0.160 e. The lowest BCUT2D eigenvalue weighted by molar-refractivity contribution is 0.668. The molecule has 296 valence electrons. The molecule has 0 spiro atoms. The fourth-order valence-electron chi connectivity index (χ4n) is 9.23. The summed E-state index contributed by atoms with van der Waals surface area (Å²) in [5.41, 5.74) is 13.1. The highest BCUT2D eigenvalue weighted by Crippen LogP contribution is 2.39. The topological polar surface area (TPSA) is 63.0 Å². The molecule has 6 heteroatoms. The van der Waals surface area contributed by atoms with E-state index in [-0.39, 0.29) is 0 Å². The van der Waals surface area contributed by atoms with Gasteiger partial charge in [-0.15, -0.1) is 11.3 Å². The van der Waals surface area contributed by atoms with Crippen molar-refractivity contribution in [3.63, 3.8) is 0 Å². The van der Waals surface area contributed by atoms with Gasteiger partial charge in [-0.05, 0) is 99.6 Å². The molecule has 0 saturated heterocycles. The van der Waals surface area contributed by atoms with E-state index in [1.54, 1.807) is 0 Å². The van der Waals surface area contributed by atoms with Crippen LogP contribution in [0.5, 0.6) is 0 Å². The lowest BCUT2D eigenvalue weighted by Gasteiger charge is -2.24. The van der Waals surface area contributed by atoms with Crippen LogP contribution in [0.25, 0.3) is 97.4 Å². The number of benzene rings is 9. The molecule has 1 aliphatic rings. The third kappa shape index (κ3) is 6.06. The Hall–Kier alpha value is -8.06. The summed E-state index contributed by atoms with van der Waals surface area (Å²) >= 11 is 1.82. The summed E-state index contributed by atoms with van der Waals surface area (Å²) < 4.78 is 15.4. The van der Waals surface area contributed by atoms with E-state index >= 15 is 0 Å². The van der Waals surface area contributed by atoms with Crippen LogP contribution in [0.15, 0.2) is 219 Å². The van der Waals surface area contributed by atoms with E-state index in [9.17, 15) is 0 Å². The second kappa shape index (κ2) is 14.3. The Bertz CT molecular complexity index is 3840. The third-order valence-corrected chi connectivity index (χ3v) is 13.5. The van der Waals surface area contributed by atoms with Gasteiger partial charge in [0.1, 0.15) is 34.3 Å². The van der Waals surface area contributed by atoms with Gasteiger partial charge in [0.25, 0.3) is 0 Å². The molecular formula is C57H35N3O2S. The Morgan fingerprint density at radius 2 is 0.984 bits per heavy atom. The maximum Gasteiger partial charge on any atom is 0.160 e. The lowest BCUT2D eigenvalue weighted by atomic mass is 9.98. The van der Waals surface area contributed by atoms with Crippen molar-refractivity contribution < 1.29 is 8.83 Å². The van der Waals surface area contributed by atoms with Crippen LogP contribution < -0.4 is 5.32 Å². The van der Waals surface area contributed by atoms with E-state index in [0.29, 0.717) is 5.84 Å². The van der Waals surface area contributed by atoms with Crippen molar-refractivity contribution in [3.8, 4) is 33.4 Å². The first-order valence-corrected chi connectivity index (χ1v) is 22.0. The Morgan fingerprint density at radius 3 is 1.84 bits per heavy atom. The van der Waals surface area contributed by atoms with Crippen LogP contribution in [0.4, 0.5) is 0 Å². The quantitative estimate of drug-likeness (QED) is 0.182. The predicted octanol–water partition coefficient (Wildman–Crippen LogP) is 15.3. The maximum absolute atomic E-state index is 6.64. The zero-order valence-electron chi connectivity index (χ0n) is 33.7. The molecule has 3 aromatic heterocycles. The molecule has 0 bridgehead atoms. The zero-order valence-corrected chi connectivity index (χ0v) is 34.6. The number of furan rings is 2. The molecule has 0 saturated carbocycles. The van der Waals surface area contributed by atoms with E-state index in [2.05, 4.69) is 169 Å². The molecule has 0 amide bonds. The van der Waals surface area contributed by atoms with Gasteiger partial charge in [0.15, 0.2) is 5.84 Å². The number of fused-ring (bicyclic) bond motifs is 9. The van der Waals surface area contributed by atoms with E-state index in [1.165, 1.54) is 31.3 Å². The molecule has 63 heavy (non-hydrogen) atoms. The number of hydrogen-bond donors (Lipinski definition) is 1. The summed E-state index contributed by atoms with van der Waals surface area (Å²) in [4.78, 5) is 10.7. The SMILES string of the molecule is c1ccc(-c2ccc(-c3cccc(C4=NC(c5cccc6oc7cc(-c8ccc9c(c8)oc8ccccc89)ccc7c56)=NC(c5ccc6sc7ccccc7c6c5)N4)c3)cc2)cc1. The highest BCUT2D eigenvalue weighted by Gasteiger charge is 2.25. The molecule has 0 fully saturated rings. The minimum atomic E-state index is -0.391. The minimum Gasteiger partial charge on any atom is -0.456 e. The lowest BCUT2D eigenvalue weighted by Crippen LogP contribution is -2.33. The van der Waals surface area contributed by atoms with Crippen LogP contribution in [0.2, 0.25) is 0 Å². The molecule has 5 nitrogen and oxygen atoms in total. The summed E-state index contributed by atoms with van der Waals surface area (Å²) in [6.45, 7) is 0. The van der Waals surface area contributed by atoms with Gasteiger partial charge in [-0.2, -0.15) is 0 Å². The Labute approximate surface area is 365 Å². The molecule has 1 aliphatic heterocycles. The van der Waals surface area contributed by atoms with Crippen LogP contribution >= 0.6 is 11.3 Å². The van der Waals surface area contributed by atoms with Gasteiger partial charge < -0.3 is 14.2 Å². The van der Waals surface area contributed by atoms with E-state index in [0.717, 1.165) is 88.7 Å². The molecule has 0 aliphatic carbocycles. The van der Waals surface area contributed by atoms with Crippen molar-refractivity contribution in [2.75, 3.05) is 0 Å². The van der Waals surface area contributed by atoms with Gasteiger partial charge in [0, 0.05) is 52.8 Å². The number of amidine groups is 2. The fraction of sp³-hybridized carbons (Fsp3) is 0.0175. The normalized spacial score (nSPS) is 14.2. The summed E-state index contributed by atoms with van der Waals surface area (Å²) in [7, 11) is 0. The van der Waals surface area contributed by atoms with Crippen LogP contribution in [-0.2, 0) is 0 Å². The Morgan fingerprint density at radius 1 is 0.397 bits per heavy atom. The van der Waals surface area contributed by atoms with Crippen LogP contribution in [0.3, 0.4) is 0 Å². The highest BCUT2D eigenvalue weighted by molar-refractivity contribution is 7.25. The molecular weight excluding hydrogens is 791 g/mol. The number of rotatable bonds is 6. The van der Waals surface area contributed by atoms with Gasteiger partial charge >= 0.3 is 0 Å². The largest absolute Gasteiger partial charge is 0.456 e. The summed E-state index contributed by atoms with van der Waals surface area (Å²) in [5.74, 6) is 1.41. The van der Waals surface area contributed by atoms with Crippen molar-refractivity contribution >= 4 is 87.1 Å². The Balaban J connectivity index is 0.925. The number of hydrogen-bond acceptors (Lipinski definition) is 6. The summed E-state index contributed by atoms with van der Waals surface area (Å²) in [6, 6.07) is 70.5. The van der Waals surface area contributed by atoms with Crippen molar-refractivity contribution in [1.82, 2.24) is 5.32 Å². The monoisotopic (exact) mass is 825 g/mol. The minimum absolute atomic E-state index is 0.391. The maximum atomic E-state index is 6.64. The summed E-state index contributed by atoms with van der Waals surface area (Å²) in [6.07, 6.45) is -0.391. The fourth-order valence-corrected chi connectivity index (χ4v) is 10.3. The molecule has 1 unspecified atom stereocenters. The average molecular weight is 826 g/mol. The number of thiophene rings is 1. The van der Waals surface area contributed by atoms with Gasteiger partial charge in [0.05, 0.1) is 0 Å². The van der Waals surface area contributed by atoms with E-state index in [1.807, 2.05) is 47.7 Å². The van der Waals surface area contributed by atoms with Crippen molar-refractivity contribution in [2.45, 2.75) is 6.17 Å². The molecule has 0 radical (unpaired) electrons. The van der Waals surface area contributed by atoms with Crippen molar-refractivity contribution in [2.24, 2.45) is 9.98 Å². The molecule has 9 aromatic carbocycles. The number of nitrogens with zero attached hydrogens (tertiary/aromatic N) is 2. The number of aliphatic imine (C=N–C) groups is 2. The molecule has 12 aromatic rings. The number of nitrogens with one attached hydrogen (secondary N) is 1. The summed E-state index contributed by atoms with van der Waals surface area (Å²) in [5, 5.41) is 10.5. The highest BCUT2D eigenvalue weighted by atomic mass is 32.1. The van der Waals surface area contributed by atoms with Crippen molar-refractivity contribution in [3.05, 3.63) is 217 Å². The van der Waals surface area contributed by atoms with Crippen molar-refractivity contribution in [1.29, 1.82) is 0 Å². The molecule has 1 N–H and O–H groups in total. The average Bonchev–Trinajstić information content (AvgIpc) is 4.05. The van der Waals surface area contributed by atoms with Crippen LogP contribution in [0, 0.1) is 0 Å². The molecule has 1 atom stereocenters. The van der Waals surface area contributed by atoms with E-state index < -0.39 is 6.17 Å². The third-order valence-electron chi connectivity index (χ3n) is 12.4. The second-order valence-corrected chi connectivity index (χ2v) is 17.2. The number of para-hydroxylation sites is 1. The molecule has 13 rings (SSSR count).